The molecule has 3 heteroatoms. The van der Waals surface area contributed by atoms with E-state index in [1.807, 2.05) is 19.0 Å². The summed E-state index contributed by atoms with van der Waals surface area (Å²) in [6.45, 7) is -1.63. The molecule has 0 spiro atoms. The summed E-state index contributed by atoms with van der Waals surface area (Å²) in [5.74, 6) is 0.726. The first-order valence-corrected chi connectivity index (χ1v) is 9.48. The molecule has 150 valence electrons. The number of benzene rings is 3. The lowest BCUT2D eigenvalue weighted by atomic mass is 9.88. The average molecular weight is 393 g/mol. The number of hydrogen-bond donors (Lipinski definition) is 1. The second kappa shape index (κ2) is 9.94. The van der Waals surface area contributed by atoms with Crippen LogP contribution in [0.1, 0.15) is 36.8 Å². The van der Waals surface area contributed by atoms with Gasteiger partial charge >= 0.3 is 0 Å². The van der Waals surface area contributed by atoms with E-state index < -0.39 is 13.2 Å². The summed E-state index contributed by atoms with van der Waals surface area (Å²) in [6, 6.07) is 22.2. The Morgan fingerprint density at radius 1 is 0.897 bits per heavy atom. The van der Waals surface area contributed by atoms with E-state index in [4.69, 9.17) is 11.6 Å². The number of nitrogens with zero attached hydrogens (tertiary/aromatic N) is 1. The van der Waals surface area contributed by atoms with Crippen molar-refractivity contribution in [3.05, 3.63) is 95.6 Å². The van der Waals surface area contributed by atoms with Crippen LogP contribution in [0.4, 0.5) is 0 Å². The van der Waals surface area contributed by atoms with E-state index in [2.05, 4.69) is 0 Å². The van der Waals surface area contributed by atoms with Crippen LogP contribution in [-0.4, -0.2) is 37.3 Å². The van der Waals surface area contributed by atoms with Crippen LogP contribution in [0.3, 0.4) is 0 Å². The van der Waals surface area contributed by atoms with Gasteiger partial charge in [-0.3, -0.25) is 0 Å². The van der Waals surface area contributed by atoms with E-state index >= 15 is 0 Å². The van der Waals surface area contributed by atoms with Crippen molar-refractivity contribution < 1.29 is 16.7 Å². The van der Waals surface area contributed by atoms with Gasteiger partial charge < -0.3 is 14.7 Å². The molecule has 0 amide bonds. The highest BCUT2D eigenvalue weighted by Crippen LogP contribution is 2.35. The third-order valence-corrected chi connectivity index (χ3v) is 4.54. The summed E-state index contributed by atoms with van der Waals surface area (Å²) < 4.78 is 47.1. The summed E-state index contributed by atoms with van der Waals surface area (Å²) in [5, 5.41) is 9.81. The highest BCUT2D eigenvalue weighted by atomic mass is 16.5. The number of aromatic hydroxyl groups is 1. The van der Waals surface area contributed by atoms with Crippen molar-refractivity contribution in [2.24, 2.45) is 0 Å². The van der Waals surface area contributed by atoms with Gasteiger partial charge in [-0.05, 0) is 72.6 Å². The molecule has 3 nitrogen and oxygen atoms in total. The van der Waals surface area contributed by atoms with Crippen LogP contribution in [0.2, 0.25) is 0 Å². The molecule has 29 heavy (non-hydrogen) atoms. The zero-order chi connectivity index (χ0) is 24.9. The monoisotopic (exact) mass is 392 g/mol. The lowest BCUT2D eigenvalue weighted by Crippen LogP contribution is -2.19. The van der Waals surface area contributed by atoms with Crippen molar-refractivity contribution in [1.29, 1.82) is 0 Å². The molecule has 0 saturated carbocycles. The Morgan fingerprint density at radius 2 is 1.52 bits per heavy atom. The van der Waals surface area contributed by atoms with Gasteiger partial charge in [0.25, 0.3) is 0 Å². The van der Waals surface area contributed by atoms with Gasteiger partial charge in [-0.2, -0.15) is 0 Å². The quantitative estimate of drug-likeness (QED) is 0.499. The van der Waals surface area contributed by atoms with Crippen LogP contribution in [-0.2, 0) is 0 Å². The molecule has 3 aromatic rings. The van der Waals surface area contributed by atoms with Crippen molar-refractivity contribution >= 4 is 11.1 Å². The number of phenols is 1. The Balaban J connectivity index is 2.24. The minimum atomic E-state index is -2.91. The number of rotatable bonds is 8. The minimum absolute atomic E-state index is 0.0556. The van der Waals surface area contributed by atoms with Gasteiger partial charge in [-0.1, -0.05) is 61.4 Å². The van der Waals surface area contributed by atoms with Crippen molar-refractivity contribution in [1.82, 2.24) is 4.90 Å². The summed E-state index contributed by atoms with van der Waals surface area (Å²) in [6.07, 6.45) is -2.65. The third kappa shape index (κ3) is 5.49. The Kier molecular flexibility index (Phi) is 5.10. The molecule has 0 radical (unpaired) electrons. The van der Waals surface area contributed by atoms with E-state index in [1.165, 1.54) is 12.1 Å². The van der Waals surface area contributed by atoms with Gasteiger partial charge in [0.15, 0.2) is 0 Å². The molecule has 0 atom stereocenters. The maximum Gasteiger partial charge on any atom is 0.119 e. The van der Waals surface area contributed by atoms with Gasteiger partial charge in [0, 0.05) is 13.4 Å². The predicted molar refractivity (Wildman–Crippen MR) is 121 cm³/mol. The van der Waals surface area contributed by atoms with E-state index in [9.17, 15) is 5.11 Å². The summed E-state index contributed by atoms with van der Waals surface area (Å²) in [4.78, 5) is 2.02. The predicted octanol–water partition coefficient (Wildman–Crippen LogP) is 5.70. The molecule has 0 aliphatic carbocycles. The largest absolute Gasteiger partial charge is 0.508 e. The fourth-order valence-corrected chi connectivity index (χ4v) is 3.03. The SMILES string of the molecule is [2H]C([2H])([2H])C([2H])([2H])C(=C(c1ccc(O)cc1)c1ccc(OCCN(C)C)cc1)c1ccccc1. The molecule has 0 aliphatic rings. The van der Waals surface area contributed by atoms with Crippen molar-refractivity contribution in [2.75, 3.05) is 27.2 Å². The number of allylic oxidation sites excluding steroid dienone is 1. The molecule has 0 aromatic heterocycles. The number of ether oxygens (including phenoxy) is 1. The molecular formula is C26H29NO2. The van der Waals surface area contributed by atoms with E-state index in [1.54, 1.807) is 66.7 Å². The maximum atomic E-state index is 9.81. The summed E-state index contributed by atoms with van der Waals surface area (Å²) in [7, 11) is 3.93. The maximum absolute atomic E-state index is 9.81. The molecule has 0 unspecified atom stereocenters. The van der Waals surface area contributed by atoms with Gasteiger partial charge in [-0.25, -0.2) is 0 Å². The van der Waals surface area contributed by atoms with Crippen molar-refractivity contribution in [2.45, 2.75) is 13.2 Å². The van der Waals surface area contributed by atoms with Crippen LogP contribution >= 0.6 is 0 Å². The molecule has 0 heterocycles. The molecule has 1 N–H and O–H groups in total. The van der Waals surface area contributed by atoms with Crippen LogP contribution < -0.4 is 4.74 Å². The molecular weight excluding hydrogens is 358 g/mol. The first kappa shape index (κ1) is 14.9. The topological polar surface area (TPSA) is 32.7 Å². The summed E-state index contributed by atoms with van der Waals surface area (Å²) in [5.41, 5.74) is 2.19. The summed E-state index contributed by atoms with van der Waals surface area (Å²) >= 11 is 0. The Bertz CT molecular complexity index is 1110. The highest BCUT2D eigenvalue weighted by molar-refractivity contribution is 5.98. The van der Waals surface area contributed by atoms with Crippen molar-refractivity contribution in [3.63, 3.8) is 0 Å². The zero-order valence-corrected chi connectivity index (χ0v) is 16.7. The average Bonchev–Trinajstić information content (AvgIpc) is 2.78. The van der Waals surface area contributed by atoms with E-state index in [0.717, 1.165) is 6.54 Å². The second-order valence-corrected chi connectivity index (χ2v) is 6.96. The lowest BCUT2D eigenvalue weighted by Gasteiger charge is -2.17. The van der Waals surface area contributed by atoms with Gasteiger partial charge in [0.1, 0.15) is 18.1 Å². The Hall–Kier alpha value is -3.04. The van der Waals surface area contributed by atoms with E-state index in [0.29, 0.717) is 34.6 Å². The first-order chi connectivity index (χ1) is 16.0. The molecule has 3 rings (SSSR count). The molecule has 0 aliphatic heterocycles. The fourth-order valence-electron chi connectivity index (χ4n) is 3.03. The van der Waals surface area contributed by atoms with Gasteiger partial charge in [0.2, 0.25) is 0 Å². The second-order valence-electron chi connectivity index (χ2n) is 6.96. The number of likely N-dealkylation sites (N-methyl/N-ethyl adjacent to an activating group) is 1. The highest BCUT2D eigenvalue weighted by Gasteiger charge is 2.13. The third-order valence-electron chi connectivity index (χ3n) is 4.54. The van der Waals surface area contributed by atoms with Gasteiger partial charge in [0.05, 0.1) is 0 Å². The standard InChI is InChI=1S/C26H29NO2/c1-4-25(20-8-6-5-7-9-20)26(21-10-14-23(28)15-11-21)22-12-16-24(17-13-22)29-19-18-27(2)3/h5-17,28H,4,18-19H2,1-3H3/i1D3,4D2. The van der Waals surface area contributed by atoms with Crippen LogP contribution in [0.5, 0.6) is 11.5 Å². The van der Waals surface area contributed by atoms with Gasteiger partial charge in [-0.15, -0.1) is 0 Å². The zero-order valence-electron chi connectivity index (χ0n) is 21.7. The Labute approximate surface area is 180 Å². The van der Waals surface area contributed by atoms with Crippen LogP contribution in [0, 0.1) is 0 Å². The minimum Gasteiger partial charge on any atom is -0.508 e. The number of hydrogen-bond acceptors (Lipinski definition) is 3. The van der Waals surface area contributed by atoms with Crippen LogP contribution in [0.25, 0.3) is 11.1 Å². The molecule has 0 fully saturated rings. The molecule has 3 aromatic carbocycles. The van der Waals surface area contributed by atoms with Crippen molar-refractivity contribution in [3.8, 4) is 11.5 Å². The Morgan fingerprint density at radius 3 is 2.10 bits per heavy atom. The first-order valence-electron chi connectivity index (χ1n) is 12.0. The molecule has 0 saturated heterocycles. The smallest absolute Gasteiger partial charge is 0.119 e. The fraction of sp³-hybridized carbons (Fsp3) is 0.231. The normalized spacial score (nSPS) is 15.5. The van der Waals surface area contributed by atoms with E-state index in [-0.39, 0.29) is 11.3 Å². The van der Waals surface area contributed by atoms with Crippen LogP contribution in [0.15, 0.2) is 78.9 Å². The lowest BCUT2D eigenvalue weighted by molar-refractivity contribution is 0.261. The number of phenolic OH excluding ortho intramolecular Hbond substituents is 1. The molecule has 0 bridgehead atoms.